The summed E-state index contributed by atoms with van der Waals surface area (Å²) in [6.45, 7) is 0.695. The molecule has 1 aromatic rings. The Hall–Kier alpha value is -1.06. The molecule has 0 spiro atoms. The highest BCUT2D eigenvalue weighted by molar-refractivity contribution is 5.42. The first kappa shape index (κ1) is 12.9. The second-order valence-electron chi connectivity index (χ2n) is 5.95. The lowest BCUT2D eigenvalue weighted by Crippen LogP contribution is -2.52. The van der Waals surface area contributed by atoms with Gasteiger partial charge in [0.15, 0.2) is 0 Å². The number of hydrogen-bond acceptors (Lipinski definition) is 3. The monoisotopic (exact) mass is 260 g/mol. The highest BCUT2D eigenvalue weighted by Crippen LogP contribution is 2.44. The van der Waals surface area contributed by atoms with E-state index in [2.05, 4.69) is 30.1 Å². The summed E-state index contributed by atoms with van der Waals surface area (Å²) in [4.78, 5) is 2.53. The Morgan fingerprint density at radius 3 is 2.84 bits per heavy atom. The Balaban J connectivity index is 2.07. The van der Waals surface area contributed by atoms with Crippen LogP contribution in [0.25, 0.3) is 0 Å². The summed E-state index contributed by atoms with van der Waals surface area (Å²) in [7, 11) is 3.98. The van der Waals surface area contributed by atoms with Gasteiger partial charge in [0.2, 0.25) is 0 Å². The van der Waals surface area contributed by atoms with Gasteiger partial charge in [0.05, 0.1) is 12.6 Å². The van der Waals surface area contributed by atoms with Gasteiger partial charge in [0.1, 0.15) is 5.75 Å². The van der Waals surface area contributed by atoms with Crippen LogP contribution in [0.2, 0.25) is 0 Å². The SMILES string of the molecule is COc1ccc2c(c1)C(CN)(N(C)C1CC1)CCC2. The van der Waals surface area contributed by atoms with Gasteiger partial charge in [-0.15, -0.1) is 0 Å². The van der Waals surface area contributed by atoms with Crippen LogP contribution in [0, 0.1) is 0 Å². The summed E-state index contributed by atoms with van der Waals surface area (Å²) in [5.41, 5.74) is 9.09. The summed E-state index contributed by atoms with van der Waals surface area (Å²) < 4.78 is 5.41. The average molecular weight is 260 g/mol. The topological polar surface area (TPSA) is 38.5 Å². The fourth-order valence-electron chi connectivity index (χ4n) is 3.57. The number of benzene rings is 1. The molecule has 3 nitrogen and oxygen atoms in total. The molecule has 1 fully saturated rings. The van der Waals surface area contributed by atoms with Crippen molar-refractivity contribution in [1.82, 2.24) is 4.90 Å². The number of ether oxygens (including phenoxy) is 1. The highest BCUT2D eigenvalue weighted by atomic mass is 16.5. The molecule has 104 valence electrons. The van der Waals surface area contributed by atoms with Crippen molar-refractivity contribution in [2.75, 3.05) is 20.7 Å². The molecular formula is C16H24N2O. The lowest BCUT2D eigenvalue weighted by Gasteiger charge is -2.45. The maximum atomic E-state index is 6.23. The first-order valence-electron chi connectivity index (χ1n) is 7.31. The third kappa shape index (κ3) is 2.05. The smallest absolute Gasteiger partial charge is 0.119 e. The number of rotatable bonds is 4. The molecule has 0 aromatic heterocycles. The van der Waals surface area contributed by atoms with Gasteiger partial charge in [-0.3, -0.25) is 4.90 Å². The van der Waals surface area contributed by atoms with Crippen molar-refractivity contribution < 1.29 is 4.74 Å². The van der Waals surface area contributed by atoms with Gasteiger partial charge in [-0.25, -0.2) is 0 Å². The molecule has 3 heteroatoms. The first-order valence-corrected chi connectivity index (χ1v) is 7.31. The zero-order chi connectivity index (χ0) is 13.5. The van der Waals surface area contributed by atoms with E-state index in [4.69, 9.17) is 10.5 Å². The van der Waals surface area contributed by atoms with Crippen LogP contribution in [0.4, 0.5) is 0 Å². The van der Waals surface area contributed by atoms with Crippen molar-refractivity contribution in [1.29, 1.82) is 0 Å². The largest absolute Gasteiger partial charge is 0.497 e. The molecule has 0 radical (unpaired) electrons. The van der Waals surface area contributed by atoms with Gasteiger partial charge in [0, 0.05) is 12.6 Å². The predicted molar refractivity (Wildman–Crippen MR) is 77.4 cm³/mol. The fourth-order valence-corrected chi connectivity index (χ4v) is 3.57. The third-order valence-electron chi connectivity index (χ3n) is 4.96. The van der Waals surface area contributed by atoms with E-state index in [-0.39, 0.29) is 5.54 Å². The first-order chi connectivity index (χ1) is 9.21. The summed E-state index contributed by atoms with van der Waals surface area (Å²) in [5.74, 6) is 0.947. The van der Waals surface area contributed by atoms with Crippen LogP contribution in [0.5, 0.6) is 5.75 Å². The van der Waals surface area contributed by atoms with Crippen molar-refractivity contribution in [3.05, 3.63) is 29.3 Å². The lowest BCUT2D eigenvalue weighted by molar-refractivity contribution is 0.0950. The zero-order valence-electron chi connectivity index (χ0n) is 12.0. The summed E-state index contributed by atoms with van der Waals surface area (Å²) in [6, 6.07) is 7.22. The van der Waals surface area contributed by atoms with Crippen molar-refractivity contribution >= 4 is 0 Å². The van der Waals surface area contributed by atoms with E-state index >= 15 is 0 Å². The molecule has 0 aliphatic heterocycles. The number of aryl methyl sites for hydroxylation is 1. The normalized spacial score (nSPS) is 26.3. The maximum absolute atomic E-state index is 6.23. The molecule has 0 amide bonds. The minimum absolute atomic E-state index is 0.0172. The van der Waals surface area contributed by atoms with E-state index in [1.807, 2.05) is 0 Å². The predicted octanol–water partition coefficient (Wildman–Crippen LogP) is 2.28. The van der Waals surface area contributed by atoms with E-state index in [9.17, 15) is 0 Å². The molecule has 0 bridgehead atoms. The Morgan fingerprint density at radius 1 is 1.42 bits per heavy atom. The number of nitrogens with two attached hydrogens (primary N) is 1. The second-order valence-corrected chi connectivity index (χ2v) is 5.95. The number of hydrogen-bond donors (Lipinski definition) is 1. The van der Waals surface area contributed by atoms with Crippen LogP contribution in [-0.4, -0.2) is 31.6 Å². The molecule has 2 N–H and O–H groups in total. The Morgan fingerprint density at radius 2 is 2.21 bits per heavy atom. The summed E-state index contributed by atoms with van der Waals surface area (Å²) >= 11 is 0. The Kier molecular flexibility index (Phi) is 3.27. The highest BCUT2D eigenvalue weighted by Gasteiger charge is 2.44. The van der Waals surface area contributed by atoms with E-state index in [1.165, 1.54) is 36.8 Å². The van der Waals surface area contributed by atoms with Crippen LogP contribution in [0.1, 0.15) is 36.8 Å². The van der Waals surface area contributed by atoms with Crippen molar-refractivity contribution in [3.63, 3.8) is 0 Å². The minimum Gasteiger partial charge on any atom is -0.497 e. The van der Waals surface area contributed by atoms with E-state index in [1.54, 1.807) is 7.11 Å². The van der Waals surface area contributed by atoms with Gasteiger partial charge in [-0.2, -0.15) is 0 Å². The Bertz CT molecular complexity index is 470. The maximum Gasteiger partial charge on any atom is 0.119 e. The molecule has 3 rings (SSSR count). The quantitative estimate of drug-likeness (QED) is 0.902. The molecule has 2 aliphatic rings. The Labute approximate surface area is 115 Å². The third-order valence-corrected chi connectivity index (χ3v) is 4.96. The van der Waals surface area contributed by atoms with Crippen molar-refractivity contribution in [2.45, 2.75) is 43.7 Å². The number of fused-ring (bicyclic) bond motifs is 1. The zero-order valence-corrected chi connectivity index (χ0v) is 12.0. The molecular weight excluding hydrogens is 236 g/mol. The fraction of sp³-hybridized carbons (Fsp3) is 0.625. The van der Waals surface area contributed by atoms with Crippen LogP contribution in [-0.2, 0) is 12.0 Å². The summed E-state index contributed by atoms with van der Waals surface area (Å²) in [5, 5.41) is 0. The molecule has 1 saturated carbocycles. The van der Waals surface area contributed by atoms with Gasteiger partial charge in [-0.05, 0) is 62.4 Å². The van der Waals surface area contributed by atoms with E-state index in [0.717, 1.165) is 18.2 Å². The van der Waals surface area contributed by atoms with Gasteiger partial charge < -0.3 is 10.5 Å². The molecule has 19 heavy (non-hydrogen) atoms. The molecule has 0 heterocycles. The lowest BCUT2D eigenvalue weighted by atomic mass is 9.75. The molecule has 2 aliphatic carbocycles. The van der Waals surface area contributed by atoms with Crippen molar-refractivity contribution in [2.24, 2.45) is 5.73 Å². The van der Waals surface area contributed by atoms with Gasteiger partial charge in [0.25, 0.3) is 0 Å². The molecule has 1 aromatic carbocycles. The van der Waals surface area contributed by atoms with Crippen LogP contribution in [0.3, 0.4) is 0 Å². The second kappa shape index (κ2) is 4.80. The summed E-state index contributed by atoms with van der Waals surface area (Å²) in [6.07, 6.45) is 6.19. The van der Waals surface area contributed by atoms with Crippen LogP contribution < -0.4 is 10.5 Å². The number of nitrogens with zero attached hydrogens (tertiary/aromatic N) is 1. The minimum atomic E-state index is 0.0172. The number of likely N-dealkylation sites (N-methyl/N-ethyl adjacent to an activating group) is 1. The van der Waals surface area contributed by atoms with Crippen LogP contribution in [0.15, 0.2) is 18.2 Å². The molecule has 1 atom stereocenters. The standard InChI is InChI=1S/C16H24N2O/c1-18(13-6-7-13)16(11-17)9-3-4-12-5-8-14(19-2)10-15(12)16/h5,8,10,13H,3-4,6-7,9,11,17H2,1-2H3. The van der Waals surface area contributed by atoms with Crippen LogP contribution >= 0.6 is 0 Å². The van der Waals surface area contributed by atoms with Crippen molar-refractivity contribution in [3.8, 4) is 5.75 Å². The molecule has 1 unspecified atom stereocenters. The van der Waals surface area contributed by atoms with E-state index < -0.39 is 0 Å². The molecule has 0 saturated heterocycles. The number of methoxy groups -OCH3 is 1. The van der Waals surface area contributed by atoms with E-state index in [0.29, 0.717) is 6.54 Å². The average Bonchev–Trinajstić information content (AvgIpc) is 3.29. The van der Waals surface area contributed by atoms with Gasteiger partial charge in [-0.1, -0.05) is 6.07 Å². The van der Waals surface area contributed by atoms with Gasteiger partial charge >= 0.3 is 0 Å².